The summed E-state index contributed by atoms with van der Waals surface area (Å²) in [5, 5.41) is 0. The second-order valence-corrected chi connectivity index (χ2v) is 19.5. The molecule has 0 fully saturated rings. The van der Waals surface area contributed by atoms with Crippen LogP contribution in [-0.2, 0) is 28.6 Å². The molecule has 6 heteroatoms. The molecule has 0 rings (SSSR count). The lowest BCUT2D eigenvalue weighted by Crippen LogP contribution is -2.30. The molecule has 0 N–H and O–H groups in total. The van der Waals surface area contributed by atoms with Crippen LogP contribution in [0.2, 0.25) is 0 Å². The van der Waals surface area contributed by atoms with Gasteiger partial charge in [0.05, 0.1) is 0 Å². The van der Waals surface area contributed by atoms with E-state index in [1.807, 2.05) is 0 Å². The van der Waals surface area contributed by atoms with Crippen molar-refractivity contribution in [2.45, 2.75) is 284 Å². The summed E-state index contributed by atoms with van der Waals surface area (Å²) < 4.78 is 16.8. The molecule has 6 nitrogen and oxygen atoms in total. The highest BCUT2D eigenvalue weighted by Crippen LogP contribution is 2.15. The molecule has 0 aromatic heterocycles. The van der Waals surface area contributed by atoms with Gasteiger partial charge in [0.2, 0.25) is 0 Å². The van der Waals surface area contributed by atoms with E-state index in [4.69, 9.17) is 14.2 Å². The van der Waals surface area contributed by atoms with Crippen molar-refractivity contribution in [1.29, 1.82) is 0 Å². The first-order valence-corrected chi connectivity index (χ1v) is 29.7. The van der Waals surface area contributed by atoms with Crippen LogP contribution in [0, 0.1) is 0 Å². The van der Waals surface area contributed by atoms with Crippen LogP contribution in [0.25, 0.3) is 0 Å². The molecule has 0 radical (unpaired) electrons. The standard InChI is InChI=1S/C65H110O6/c1-4-7-10-13-16-19-21-23-24-25-26-27-28-29-30-31-32-33-34-35-36-37-38-39-40-42-43-46-49-52-55-58-64(67)70-61-62(60-69-63(66)57-54-51-48-45-18-15-12-9-6-3)71-65(68)59-56-53-50-47-44-41-22-20-17-14-11-8-5-2/h7,10,16,19,23-24,26-27,29-30,32-33,35-36,38-39,62H,4-6,8-9,11-15,17-18,20-22,25,28,31,34,37,40-61H2,1-3H3/b10-7-,19-16-,24-23-,27-26-,30-29-,33-32-,36-35-,39-38-. The summed E-state index contributed by atoms with van der Waals surface area (Å²) >= 11 is 0. The van der Waals surface area contributed by atoms with Crippen molar-refractivity contribution in [3.8, 4) is 0 Å². The Kier molecular flexibility index (Phi) is 55.9. The number of carbonyl (C=O) groups excluding carboxylic acids is 3. The topological polar surface area (TPSA) is 78.9 Å². The largest absolute Gasteiger partial charge is 0.462 e. The summed E-state index contributed by atoms with van der Waals surface area (Å²) in [7, 11) is 0. The molecule has 0 amide bonds. The lowest BCUT2D eigenvalue weighted by molar-refractivity contribution is -0.167. The number of carbonyl (C=O) groups is 3. The third-order valence-electron chi connectivity index (χ3n) is 12.6. The number of hydrogen-bond donors (Lipinski definition) is 0. The lowest BCUT2D eigenvalue weighted by atomic mass is 10.0. The normalized spacial score (nSPS) is 12.8. The molecule has 0 spiro atoms. The first-order chi connectivity index (χ1) is 35.0. The monoisotopic (exact) mass is 987 g/mol. The van der Waals surface area contributed by atoms with E-state index < -0.39 is 6.10 Å². The summed E-state index contributed by atoms with van der Waals surface area (Å²) in [4.78, 5) is 38.0. The smallest absolute Gasteiger partial charge is 0.306 e. The minimum Gasteiger partial charge on any atom is -0.462 e. The molecule has 0 heterocycles. The molecule has 71 heavy (non-hydrogen) atoms. The fraction of sp³-hybridized carbons (Fsp3) is 0.708. The Morgan fingerprint density at radius 1 is 0.296 bits per heavy atom. The first kappa shape index (κ1) is 67.3. The van der Waals surface area contributed by atoms with Crippen LogP contribution in [0.15, 0.2) is 97.2 Å². The highest BCUT2D eigenvalue weighted by Gasteiger charge is 2.19. The van der Waals surface area contributed by atoms with Crippen LogP contribution in [0.1, 0.15) is 278 Å². The van der Waals surface area contributed by atoms with Crippen LogP contribution in [-0.4, -0.2) is 37.2 Å². The quantitative estimate of drug-likeness (QED) is 0.0261. The van der Waals surface area contributed by atoms with Gasteiger partial charge >= 0.3 is 17.9 Å². The summed E-state index contributed by atoms with van der Waals surface area (Å²) in [5.41, 5.74) is 0. The van der Waals surface area contributed by atoms with Crippen molar-refractivity contribution < 1.29 is 28.6 Å². The zero-order valence-electron chi connectivity index (χ0n) is 46.5. The van der Waals surface area contributed by atoms with Crippen molar-refractivity contribution in [3.63, 3.8) is 0 Å². The minimum atomic E-state index is -0.779. The molecule has 0 aromatic rings. The first-order valence-electron chi connectivity index (χ1n) is 29.7. The van der Waals surface area contributed by atoms with Gasteiger partial charge in [0, 0.05) is 19.3 Å². The Morgan fingerprint density at radius 2 is 0.549 bits per heavy atom. The van der Waals surface area contributed by atoms with Gasteiger partial charge in [-0.1, -0.05) is 272 Å². The Balaban J connectivity index is 4.21. The molecule has 0 aliphatic rings. The molecule has 0 saturated heterocycles. The van der Waals surface area contributed by atoms with Gasteiger partial charge in [0.25, 0.3) is 0 Å². The van der Waals surface area contributed by atoms with Gasteiger partial charge in [0.1, 0.15) is 13.2 Å². The molecule has 0 aliphatic carbocycles. The van der Waals surface area contributed by atoms with Gasteiger partial charge in [-0.25, -0.2) is 0 Å². The number of esters is 3. The summed E-state index contributed by atoms with van der Waals surface area (Å²) in [6.45, 7) is 6.50. The van der Waals surface area contributed by atoms with Crippen LogP contribution in [0.5, 0.6) is 0 Å². The Labute approximate surface area is 438 Å². The minimum absolute atomic E-state index is 0.0785. The van der Waals surface area contributed by atoms with Crippen LogP contribution in [0.3, 0.4) is 0 Å². The molecule has 0 aromatic carbocycles. The maximum atomic E-state index is 12.8. The fourth-order valence-corrected chi connectivity index (χ4v) is 8.16. The Bertz CT molecular complexity index is 1410. The van der Waals surface area contributed by atoms with E-state index in [0.717, 1.165) is 122 Å². The number of unbranched alkanes of at least 4 members (excludes halogenated alkanes) is 26. The van der Waals surface area contributed by atoms with E-state index in [0.29, 0.717) is 19.3 Å². The van der Waals surface area contributed by atoms with E-state index >= 15 is 0 Å². The highest BCUT2D eigenvalue weighted by molar-refractivity contribution is 5.71. The van der Waals surface area contributed by atoms with Crippen LogP contribution < -0.4 is 0 Å². The number of ether oxygens (including phenoxy) is 3. The number of allylic oxidation sites excluding steroid dienone is 16. The highest BCUT2D eigenvalue weighted by atomic mass is 16.6. The SMILES string of the molecule is CC/C=C\C/C=C\C/C=C\C/C=C\C/C=C\C/C=C\C/C=C\C/C=C\CCCCCCCCC(=O)OCC(COC(=O)CCCCCCCCCCC)OC(=O)CCCCCCCCCCCCCCC. The zero-order chi connectivity index (χ0) is 51.4. The average molecular weight is 988 g/mol. The summed E-state index contributed by atoms with van der Waals surface area (Å²) in [6.07, 6.45) is 78.4. The summed E-state index contributed by atoms with van der Waals surface area (Å²) in [5.74, 6) is -0.891. The van der Waals surface area contributed by atoms with Gasteiger partial charge in [-0.05, 0) is 83.5 Å². The second kappa shape index (κ2) is 58.9. The van der Waals surface area contributed by atoms with Gasteiger partial charge in [-0.3, -0.25) is 14.4 Å². The molecule has 1 unspecified atom stereocenters. The maximum Gasteiger partial charge on any atom is 0.306 e. The molecule has 406 valence electrons. The molecular weight excluding hydrogens is 877 g/mol. The fourth-order valence-electron chi connectivity index (χ4n) is 8.16. The molecular formula is C65H110O6. The predicted molar refractivity (Wildman–Crippen MR) is 307 cm³/mol. The van der Waals surface area contributed by atoms with E-state index in [2.05, 4.69) is 118 Å². The van der Waals surface area contributed by atoms with Crippen LogP contribution in [0.4, 0.5) is 0 Å². The number of hydrogen-bond acceptors (Lipinski definition) is 6. The van der Waals surface area contributed by atoms with E-state index in [1.54, 1.807) is 0 Å². The molecule has 0 aliphatic heterocycles. The maximum absolute atomic E-state index is 12.8. The van der Waals surface area contributed by atoms with Crippen molar-refractivity contribution in [1.82, 2.24) is 0 Å². The van der Waals surface area contributed by atoms with Gasteiger partial charge in [-0.2, -0.15) is 0 Å². The lowest BCUT2D eigenvalue weighted by Gasteiger charge is -2.18. The second-order valence-electron chi connectivity index (χ2n) is 19.5. The van der Waals surface area contributed by atoms with Crippen LogP contribution >= 0.6 is 0 Å². The van der Waals surface area contributed by atoms with Crippen molar-refractivity contribution in [3.05, 3.63) is 97.2 Å². The van der Waals surface area contributed by atoms with E-state index in [9.17, 15) is 14.4 Å². The molecule has 1 atom stereocenters. The van der Waals surface area contributed by atoms with Gasteiger partial charge in [0.15, 0.2) is 6.10 Å². The van der Waals surface area contributed by atoms with Crippen molar-refractivity contribution in [2.24, 2.45) is 0 Å². The zero-order valence-corrected chi connectivity index (χ0v) is 46.5. The molecule has 0 saturated carbocycles. The molecule has 0 bridgehead atoms. The van der Waals surface area contributed by atoms with Crippen molar-refractivity contribution >= 4 is 17.9 Å². The predicted octanol–water partition coefficient (Wildman–Crippen LogP) is 20.1. The van der Waals surface area contributed by atoms with Crippen molar-refractivity contribution in [2.75, 3.05) is 13.2 Å². The van der Waals surface area contributed by atoms with Gasteiger partial charge < -0.3 is 14.2 Å². The third kappa shape index (κ3) is 57.1. The van der Waals surface area contributed by atoms with E-state index in [1.165, 1.54) is 116 Å². The summed E-state index contributed by atoms with van der Waals surface area (Å²) in [6, 6.07) is 0. The Hall–Kier alpha value is -3.67. The third-order valence-corrected chi connectivity index (χ3v) is 12.6. The van der Waals surface area contributed by atoms with E-state index in [-0.39, 0.29) is 31.1 Å². The average Bonchev–Trinajstić information content (AvgIpc) is 3.37. The number of rotatable bonds is 53. The van der Waals surface area contributed by atoms with Gasteiger partial charge in [-0.15, -0.1) is 0 Å². The Morgan fingerprint density at radius 3 is 0.859 bits per heavy atom.